The lowest BCUT2D eigenvalue weighted by Crippen LogP contribution is -2.35. The Morgan fingerprint density at radius 2 is 1.96 bits per heavy atom. The van der Waals surface area contributed by atoms with E-state index in [0.717, 1.165) is 22.5 Å². The maximum Gasteiger partial charge on any atom is 0.239 e. The molecule has 2 aromatic rings. The van der Waals surface area contributed by atoms with Crippen LogP contribution in [-0.4, -0.2) is 33.0 Å². The minimum atomic E-state index is -0.437. The third-order valence-electron chi connectivity index (χ3n) is 4.07. The highest BCUT2D eigenvalue weighted by atomic mass is 16.2. The van der Waals surface area contributed by atoms with Crippen LogP contribution >= 0.6 is 0 Å². The fourth-order valence-corrected chi connectivity index (χ4v) is 2.91. The van der Waals surface area contributed by atoms with Crippen LogP contribution in [0.3, 0.4) is 0 Å². The van der Waals surface area contributed by atoms with Gasteiger partial charge in [0.15, 0.2) is 0 Å². The highest BCUT2D eigenvalue weighted by Crippen LogP contribution is 2.30. The van der Waals surface area contributed by atoms with Gasteiger partial charge in [0, 0.05) is 48.9 Å². The van der Waals surface area contributed by atoms with Crippen molar-refractivity contribution in [3.8, 4) is 11.3 Å². The van der Waals surface area contributed by atoms with Gasteiger partial charge < -0.3 is 16.4 Å². The topological polar surface area (TPSA) is 107 Å². The number of benzene rings is 1. The first kappa shape index (κ1) is 15.1. The van der Waals surface area contributed by atoms with Gasteiger partial charge in [0.25, 0.3) is 0 Å². The number of carbonyl (C=O) groups excluding carboxylic acids is 2. The van der Waals surface area contributed by atoms with Gasteiger partial charge in [0.05, 0.1) is 5.69 Å². The number of hydrogen-bond acceptors (Lipinski definition) is 4. The van der Waals surface area contributed by atoms with Crippen molar-refractivity contribution in [3.05, 3.63) is 35.5 Å². The van der Waals surface area contributed by atoms with Gasteiger partial charge in [-0.15, -0.1) is 0 Å². The summed E-state index contributed by atoms with van der Waals surface area (Å²) in [5.41, 5.74) is 15.3. The summed E-state index contributed by atoms with van der Waals surface area (Å²) >= 11 is 0. The number of nitrogens with zero attached hydrogens (tertiary/aromatic N) is 3. The molecule has 1 aliphatic heterocycles. The lowest BCUT2D eigenvalue weighted by atomic mass is 10.0. The van der Waals surface area contributed by atoms with Gasteiger partial charge in [-0.1, -0.05) is 12.1 Å². The largest absolute Gasteiger partial charge is 0.399 e. The zero-order chi connectivity index (χ0) is 16.6. The van der Waals surface area contributed by atoms with E-state index in [2.05, 4.69) is 5.10 Å². The summed E-state index contributed by atoms with van der Waals surface area (Å²) < 4.78 is 1.65. The monoisotopic (exact) mass is 313 g/mol. The third-order valence-corrected chi connectivity index (χ3v) is 4.07. The number of rotatable bonds is 3. The Morgan fingerprint density at radius 1 is 1.26 bits per heavy atom. The summed E-state index contributed by atoms with van der Waals surface area (Å²) in [5.74, 6) is -0.408. The number of fused-ring (bicyclic) bond motifs is 1. The van der Waals surface area contributed by atoms with Crippen LogP contribution in [0.1, 0.15) is 18.2 Å². The van der Waals surface area contributed by atoms with Crippen LogP contribution in [0.4, 0.5) is 5.69 Å². The van der Waals surface area contributed by atoms with Crippen molar-refractivity contribution in [2.75, 3.05) is 12.3 Å². The molecule has 0 aliphatic carbocycles. The van der Waals surface area contributed by atoms with Crippen LogP contribution in [0.25, 0.3) is 11.3 Å². The highest BCUT2D eigenvalue weighted by Gasteiger charge is 2.27. The summed E-state index contributed by atoms with van der Waals surface area (Å²) in [4.78, 5) is 24.8. The lowest BCUT2D eigenvalue weighted by molar-refractivity contribution is -0.129. The van der Waals surface area contributed by atoms with Gasteiger partial charge in [-0.25, -0.2) is 0 Å². The number of carbonyl (C=O) groups is 2. The van der Waals surface area contributed by atoms with E-state index in [4.69, 9.17) is 11.5 Å². The molecule has 0 saturated carbocycles. The van der Waals surface area contributed by atoms with Crippen LogP contribution in [0.15, 0.2) is 24.3 Å². The van der Waals surface area contributed by atoms with E-state index in [1.165, 1.54) is 0 Å². The van der Waals surface area contributed by atoms with Crippen molar-refractivity contribution in [3.63, 3.8) is 0 Å². The van der Waals surface area contributed by atoms with E-state index >= 15 is 0 Å². The van der Waals surface area contributed by atoms with Gasteiger partial charge in [-0.3, -0.25) is 14.3 Å². The Labute approximate surface area is 133 Å². The standard InChI is InChI=1S/C16H19N5O2/c1-10(22)20-7-6-14-13(8-20)16(19-21(14)9-15(18)23)11-2-4-12(17)5-3-11/h2-5H,6-9,17H2,1H3,(H2,18,23). The molecule has 7 heteroatoms. The molecule has 0 unspecified atom stereocenters. The van der Waals surface area contributed by atoms with Gasteiger partial charge >= 0.3 is 0 Å². The normalized spacial score (nSPS) is 13.7. The number of nitrogen functional groups attached to an aromatic ring is 1. The van der Waals surface area contributed by atoms with E-state index in [9.17, 15) is 9.59 Å². The number of aromatic nitrogens is 2. The van der Waals surface area contributed by atoms with Gasteiger partial charge in [0.2, 0.25) is 11.8 Å². The van der Waals surface area contributed by atoms with Crippen LogP contribution in [-0.2, 0) is 29.1 Å². The quantitative estimate of drug-likeness (QED) is 0.805. The smallest absolute Gasteiger partial charge is 0.239 e. The molecule has 1 aromatic heterocycles. The summed E-state index contributed by atoms with van der Waals surface area (Å²) in [6.45, 7) is 2.70. The maximum atomic E-state index is 11.7. The first-order valence-corrected chi connectivity index (χ1v) is 7.44. The van der Waals surface area contributed by atoms with Crippen molar-refractivity contribution in [1.29, 1.82) is 0 Å². The van der Waals surface area contributed by atoms with Crippen molar-refractivity contribution in [2.24, 2.45) is 5.73 Å². The maximum absolute atomic E-state index is 11.7. The first-order chi connectivity index (χ1) is 11.0. The van der Waals surface area contributed by atoms with E-state index in [-0.39, 0.29) is 12.5 Å². The fourth-order valence-electron chi connectivity index (χ4n) is 2.91. The van der Waals surface area contributed by atoms with Gasteiger partial charge in [-0.2, -0.15) is 5.10 Å². The fraction of sp³-hybridized carbons (Fsp3) is 0.312. The molecule has 4 N–H and O–H groups in total. The predicted octanol–water partition coefficient (Wildman–Crippen LogP) is 0.522. The predicted molar refractivity (Wildman–Crippen MR) is 86.1 cm³/mol. The molecular formula is C16H19N5O2. The summed E-state index contributed by atoms with van der Waals surface area (Å²) in [6, 6.07) is 7.39. The SMILES string of the molecule is CC(=O)N1CCc2c(c(-c3ccc(N)cc3)nn2CC(N)=O)C1. The third kappa shape index (κ3) is 2.90. The number of hydrogen-bond donors (Lipinski definition) is 2. The van der Waals surface area contributed by atoms with Crippen molar-refractivity contribution < 1.29 is 9.59 Å². The molecule has 3 rings (SSSR count). The molecular weight excluding hydrogens is 294 g/mol. The first-order valence-electron chi connectivity index (χ1n) is 7.44. The number of primary amides is 1. The van der Waals surface area contributed by atoms with Gasteiger partial charge in [0.1, 0.15) is 6.54 Å². The lowest BCUT2D eigenvalue weighted by Gasteiger charge is -2.26. The molecule has 2 heterocycles. The number of amides is 2. The van der Waals surface area contributed by atoms with Gasteiger partial charge in [-0.05, 0) is 12.1 Å². The molecule has 2 amide bonds. The molecule has 1 aliphatic rings. The molecule has 0 radical (unpaired) electrons. The van der Waals surface area contributed by atoms with Crippen LogP contribution < -0.4 is 11.5 Å². The Balaban J connectivity index is 2.08. The highest BCUT2D eigenvalue weighted by molar-refractivity contribution is 5.76. The zero-order valence-corrected chi connectivity index (χ0v) is 13.0. The Kier molecular flexibility index (Phi) is 3.77. The molecule has 0 bridgehead atoms. The average molecular weight is 313 g/mol. The molecule has 120 valence electrons. The second-order valence-electron chi connectivity index (χ2n) is 5.71. The second kappa shape index (κ2) is 5.75. The Bertz CT molecular complexity index is 764. The minimum Gasteiger partial charge on any atom is -0.399 e. The van der Waals surface area contributed by atoms with E-state index in [0.29, 0.717) is 25.2 Å². The summed E-state index contributed by atoms with van der Waals surface area (Å²) in [5, 5.41) is 4.56. The number of nitrogens with two attached hydrogens (primary N) is 2. The van der Waals surface area contributed by atoms with Crippen LogP contribution in [0.5, 0.6) is 0 Å². The van der Waals surface area contributed by atoms with E-state index in [1.807, 2.05) is 12.1 Å². The van der Waals surface area contributed by atoms with Crippen molar-refractivity contribution >= 4 is 17.5 Å². The minimum absolute atomic E-state index is 0.0292. The van der Waals surface area contributed by atoms with Crippen molar-refractivity contribution in [2.45, 2.75) is 26.4 Å². The number of anilines is 1. The molecule has 0 fully saturated rings. The average Bonchev–Trinajstić information content (AvgIpc) is 2.85. The molecule has 23 heavy (non-hydrogen) atoms. The summed E-state index contributed by atoms with van der Waals surface area (Å²) in [6.07, 6.45) is 0.657. The zero-order valence-electron chi connectivity index (χ0n) is 13.0. The molecule has 1 aromatic carbocycles. The van der Waals surface area contributed by atoms with Crippen LogP contribution in [0.2, 0.25) is 0 Å². The second-order valence-corrected chi connectivity index (χ2v) is 5.71. The molecule has 0 atom stereocenters. The molecule has 7 nitrogen and oxygen atoms in total. The Morgan fingerprint density at radius 3 is 2.57 bits per heavy atom. The van der Waals surface area contributed by atoms with E-state index in [1.54, 1.807) is 28.6 Å². The van der Waals surface area contributed by atoms with Crippen LogP contribution in [0, 0.1) is 0 Å². The summed E-state index contributed by atoms with van der Waals surface area (Å²) in [7, 11) is 0. The van der Waals surface area contributed by atoms with Crippen molar-refractivity contribution in [1.82, 2.24) is 14.7 Å². The molecule has 0 spiro atoms. The Hall–Kier alpha value is -2.83. The molecule has 0 saturated heterocycles. The van der Waals surface area contributed by atoms with E-state index < -0.39 is 5.91 Å².